The number of nitrogens with one attached hydrogen (secondary N) is 1. The van der Waals surface area contributed by atoms with Gasteiger partial charge in [0.2, 0.25) is 0 Å². The number of amides is 1. The van der Waals surface area contributed by atoms with Crippen molar-refractivity contribution in [3.05, 3.63) is 47.3 Å². The normalized spacial score (nSPS) is 26.1. The maximum absolute atomic E-state index is 12.8. The van der Waals surface area contributed by atoms with Gasteiger partial charge in [-0.3, -0.25) is 4.79 Å². The summed E-state index contributed by atoms with van der Waals surface area (Å²) in [6.45, 7) is 4.59. The highest BCUT2D eigenvalue weighted by Crippen LogP contribution is 2.58. The van der Waals surface area contributed by atoms with Crippen molar-refractivity contribution >= 4 is 12.1 Å². The predicted molar refractivity (Wildman–Crippen MR) is 80.4 cm³/mol. The van der Waals surface area contributed by atoms with Gasteiger partial charge < -0.3 is 0 Å². The molecule has 3 aliphatic carbocycles. The van der Waals surface area contributed by atoms with Crippen molar-refractivity contribution < 1.29 is 9.18 Å². The van der Waals surface area contributed by atoms with Crippen molar-refractivity contribution in [3.8, 4) is 0 Å². The lowest BCUT2D eigenvalue weighted by molar-refractivity contribution is -0.00126. The Morgan fingerprint density at radius 1 is 1.38 bits per heavy atom. The lowest BCUT2D eigenvalue weighted by atomic mass is 9.49. The van der Waals surface area contributed by atoms with Crippen LogP contribution >= 0.6 is 0 Å². The molecule has 3 aliphatic rings. The Morgan fingerprint density at radius 3 is 2.71 bits per heavy atom. The van der Waals surface area contributed by atoms with Gasteiger partial charge in [0, 0.05) is 5.56 Å². The zero-order chi connectivity index (χ0) is 15.0. The molecule has 2 atom stereocenters. The van der Waals surface area contributed by atoms with Crippen LogP contribution < -0.4 is 5.43 Å². The van der Waals surface area contributed by atoms with E-state index in [0.717, 1.165) is 12.3 Å². The van der Waals surface area contributed by atoms with Gasteiger partial charge in [-0.15, -0.1) is 0 Å². The summed E-state index contributed by atoms with van der Waals surface area (Å²) >= 11 is 0. The van der Waals surface area contributed by atoms with E-state index in [-0.39, 0.29) is 11.7 Å². The molecular weight excluding hydrogens is 267 g/mol. The first-order valence-corrected chi connectivity index (χ1v) is 7.27. The van der Waals surface area contributed by atoms with E-state index in [4.69, 9.17) is 0 Å². The Balaban J connectivity index is 1.61. The van der Waals surface area contributed by atoms with Crippen LogP contribution in [0.2, 0.25) is 0 Å². The van der Waals surface area contributed by atoms with Crippen molar-refractivity contribution in [3.63, 3.8) is 0 Å². The van der Waals surface area contributed by atoms with E-state index in [0.29, 0.717) is 16.9 Å². The van der Waals surface area contributed by atoms with Gasteiger partial charge in [0.05, 0.1) is 6.21 Å². The van der Waals surface area contributed by atoms with E-state index in [1.165, 1.54) is 36.3 Å². The number of hydrazone groups is 1. The molecule has 0 heterocycles. The molecule has 1 saturated carbocycles. The highest BCUT2D eigenvalue weighted by molar-refractivity contribution is 5.94. The number of fused-ring (bicyclic) bond motifs is 1. The van der Waals surface area contributed by atoms with Crippen molar-refractivity contribution in [2.75, 3.05) is 0 Å². The summed E-state index contributed by atoms with van der Waals surface area (Å²) in [5, 5.41) is 4.05. The highest BCUT2D eigenvalue weighted by atomic mass is 19.1. The molecule has 3 nitrogen and oxygen atoms in total. The van der Waals surface area contributed by atoms with Crippen molar-refractivity contribution in [2.45, 2.75) is 26.7 Å². The number of hydrogen-bond acceptors (Lipinski definition) is 2. The monoisotopic (exact) mass is 286 g/mol. The zero-order valence-corrected chi connectivity index (χ0v) is 12.3. The molecule has 0 radical (unpaired) electrons. The van der Waals surface area contributed by atoms with Crippen LogP contribution in [0.25, 0.3) is 0 Å². The number of hydrogen-bond donors (Lipinski definition) is 1. The molecule has 0 spiro atoms. The molecule has 1 fully saturated rings. The number of rotatable bonds is 3. The molecule has 1 N–H and O–H groups in total. The number of carbonyl (C=O) groups excluding carboxylic acids is 1. The molecule has 0 aliphatic heterocycles. The smallest absolute Gasteiger partial charge is 0.267 e. The van der Waals surface area contributed by atoms with Gasteiger partial charge in [0.25, 0.3) is 5.91 Å². The van der Waals surface area contributed by atoms with Crippen LogP contribution in [0, 0.1) is 23.1 Å². The fourth-order valence-corrected chi connectivity index (χ4v) is 3.38. The third-order valence-corrected chi connectivity index (χ3v) is 5.00. The Kier molecular flexibility index (Phi) is 3.40. The van der Waals surface area contributed by atoms with Crippen LogP contribution in [0.4, 0.5) is 4.39 Å². The standard InChI is InChI=1S/C17H19FN2O/c1-17(2)13-6-3-12(15(17)9-13)10-19-20-16(21)11-4-7-14(18)8-5-11/h3-5,7-8,10,13,15H,6,9H2,1-2H3,(H,20,21)/b19-10+. The molecule has 4 rings (SSSR count). The SMILES string of the molecule is CC1(C)C2CC=C(/C=N/NC(=O)c3ccc(F)cc3)C1C2. The zero-order valence-electron chi connectivity index (χ0n) is 12.3. The number of allylic oxidation sites excluding steroid dienone is 2. The Morgan fingerprint density at radius 2 is 2.10 bits per heavy atom. The number of benzene rings is 1. The van der Waals surface area contributed by atoms with E-state index >= 15 is 0 Å². The first-order valence-electron chi connectivity index (χ1n) is 7.27. The van der Waals surface area contributed by atoms with Gasteiger partial charge in [0.15, 0.2) is 0 Å². The Labute approximate surface area is 123 Å². The van der Waals surface area contributed by atoms with Gasteiger partial charge in [-0.25, -0.2) is 9.82 Å². The lowest BCUT2D eigenvalue weighted by Gasteiger charge is -2.55. The maximum atomic E-state index is 12.8. The molecule has 1 aromatic rings. The van der Waals surface area contributed by atoms with Crippen molar-refractivity contribution in [2.24, 2.45) is 22.4 Å². The molecular formula is C17H19FN2O. The minimum Gasteiger partial charge on any atom is -0.267 e. The van der Waals surface area contributed by atoms with Gasteiger partial charge in [-0.2, -0.15) is 5.10 Å². The second-order valence-electron chi connectivity index (χ2n) is 6.45. The molecule has 1 aromatic carbocycles. The van der Waals surface area contributed by atoms with E-state index in [1.807, 2.05) is 0 Å². The van der Waals surface area contributed by atoms with Crippen LogP contribution in [0.1, 0.15) is 37.0 Å². The second-order valence-corrected chi connectivity index (χ2v) is 6.45. The average molecular weight is 286 g/mol. The van der Waals surface area contributed by atoms with Crippen molar-refractivity contribution in [1.82, 2.24) is 5.43 Å². The van der Waals surface area contributed by atoms with E-state index in [1.54, 1.807) is 6.21 Å². The third kappa shape index (κ3) is 2.50. The molecule has 2 bridgehead atoms. The van der Waals surface area contributed by atoms with E-state index in [9.17, 15) is 9.18 Å². The predicted octanol–water partition coefficient (Wildman–Crippen LogP) is 3.53. The van der Waals surface area contributed by atoms with Gasteiger partial charge in [0.1, 0.15) is 5.82 Å². The summed E-state index contributed by atoms with van der Waals surface area (Å²) in [4.78, 5) is 11.8. The molecule has 4 heteroatoms. The minimum absolute atomic E-state index is 0.326. The summed E-state index contributed by atoms with van der Waals surface area (Å²) in [5.41, 5.74) is 4.45. The van der Waals surface area contributed by atoms with E-state index in [2.05, 4.69) is 30.5 Å². The molecule has 1 amide bonds. The second kappa shape index (κ2) is 5.10. The highest BCUT2D eigenvalue weighted by Gasteiger charge is 2.50. The molecule has 21 heavy (non-hydrogen) atoms. The third-order valence-electron chi connectivity index (χ3n) is 5.00. The van der Waals surface area contributed by atoms with E-state index < -0.39 is 0 Å². The van der Waals surface area contributed by atoms with Gasteiger partial charge in [-0.1, -0.05) is 19.9 Å². The minimum atomic E-state index is -0.357. The van der Waals surface area contributed by atoms with Crippen LogP contribution in [0.15, 0.2) is 41.0 Å². The Bertz CT molecular complexity index is 616. The van der Waals surface area contributed by atoms with Crippen LogP contribution in [0.3, 0.4) is 0 Å². The summed E-state index contributed by atoms with van der Waals surface area (Å²) in [6.07, 6.45) is 6.29. The molecule has 2 unspecified atom stereocenters. The van der Waals surface area contributed by atoms with Crippen LogP contribution in [0.5, 0.6) is 0 Å². The first kappa shape index (κ1) is 14.0. The lowest BCUT2D eigenvalue weighted by Crippen LogP contribution is -2.48. The molecule has 0 aromatic heterocycles. The molecule has 110 valence electrons. The quantitative estimate of drug-likeness (QED) is 0.670. The van der Waals surface area contributed by atoms with Crippen LogP contribution in [-0.4, -0.2) is 12.1 Å². The summed E-state index contributed by atoms with van der Waals surface area (Å²) in [6, 6.07) is 5.41. The summed E-state index contributed by atoms with van der Waals surface area (Å²) in [5.74, 6) is 0.647. The summed E-state index contributed by atoms with van der Waals surface area (Å²) in [7, 11) is 0. The van der Waals surface area contributed by atoms with Gasteiger partial charge in [-0.05, 0) is 59.9 Å². The van der Waals surface area contributed by atoms with Crippen LogP contribution in [-0.2, 0) is 0 Å². The van der Waals surface area contributed by atoms with Crippen molar-refractivity contribution in [1.29, 1.82) is 0 Å². The van der Waals surface area contributed by atoms with Gasteiger partial charge >= 0.3 is 0 Å². The summed E-state index contributed by atoms with van der Waals surface area (Å²) < 4.78 is 12.8. The number of carbonyl (C=O) groups is 1. The topological polar surface area (TPSA) is 41.5 Å². The maximum Gasteiger partial charge on any atom is 0.271 e. The number of nitrogens with zero attached hydrogens (tertiary/aromatic N) is 1. The average Bonchev–Trinajstić information content (AvgIpc) is 2.47. The fourth-order valence-electron chi connectivity index (χ4n) is 3.38. The fraction of sp³-hybridized carbons (Fsp3) is 0.412. The Hall–Kier alpha value is -1.97. The number of halogens is 1. The molecule has 0 saturated heterocycles. The first-order chi connectivity index (χ1) is 9.98. The largest absolute Gasteiger partial charge is 0.271 e.